The van der Waals surface area contributed by atoms with Crippen molar-refractivity contribution in [2.24, 2.45) is 0 Å². The maximum Gasteiger partial charge on any atom is 0.131 e. The fourth-order valence-electron chi connectivity index (χ4n) is 4.87. The first kappa shape index (κ1) is 21.1. The second-order valence-electron chi connectivity index (χ2n) is 8.89. The summed E-state index contributed by atoms with van der Waals surface area (Å²) in [5, 5.41) is 14.1. The number of aromatic nitrogens is 3. The highest BCUT2D eigenvalue weighted by molar-refractivity contribution is 7.85. The number of hydrogen-bond donors (Lipinski definition) is 2. The van der Waals surface area contributed by atoms with E-state index >= 15 is 0 Å². The van der Waals surface area contributed by atoms with Crippen LogP contribution in [-0.2, 0) is 17.2 Å². The summed E-state index contributed by atoms with van der Waals surface area (Å²) in [7, 11) is -1.03. The van der Waals surface area contributed by atoms with Gasteiger partial charge in [0.05, 0.1) is 44.2 Å². The molecule has 2 N–H and O–H groups in total. The third-order valence-electron chi connectivity index (χ3n) is 6.85. The number of nitrogens with zero attached hydrogens (tertiary/aromatic N) is 4. The van der Waals surface area contributed by atoms with Gasteiger partial charge in [-0.15, -0.1) is 0 Å². The Morgan fingerprint density at radius 2 is 2.03 bits per heavy atom. The van der Waals surface area contributed by atoms with Crippen molar-refractivity contribution in [3.8, 4) is 0 Å². The molecule has 2 atom stereocenters. The number of hydrogen-bond acceptors (Lipinski definition) is 7. The molecule has 2 fully saturated rings. The van der Waals surface area contributed by atoms with Crippen molar-refractivity contribution >= 4 is 33.9 Å². The Hall–Kier alpha value is -1.77. The first-order chi connectivity index (χ1) is 15.1. The molecule has 0 amide bonds. The van der Waals surface area contributed by atoms with E-state index < -0.39 is 10.8 Å². The molecular weight excluding hydrogens is 434 g/mol. The van der Waals surface area contributed by atoms with Crippen LogP contribution in [-0.4, -0.2) is 55.3 Å². The van der Waals surface area contributed by atoms with Gasteiger partial charge in [-0.3, -0.25) is 4.21 Å². The average Bonchev–Trinajstić information content (AvgIpc) is 2.97. The molecule has 0 aromatic carbocycles. The van der Waals surface area contributed by atoms with Gasteiger partial charge >= 0.3 is 0 Å². The zero-order valence-corrected chi connectivity index (χ0v) is 19.1. The molecule has 2 aromatic rings. The molecule has 0 bridgehead atoms. The summed E-state index contributed by atoms with van der Waals surface area (Å²) in [6.07, 6.45) is 10.1. The highest BCUT2D eigenvalue weighted by Gasteiger charge is 2.38. The predicted octanol–water partition coefficient (Wildman–Crippen LogP) is 3.29. The van der Waals surface area contributed by atoms with Crippen LogP contribution in [0, 0.1) is 0 Å². The lowest BCUT2D eigenvalue weighted by Crippen LogP contribution is -2.48. The zero-order valence-electron chi connectivity index (χ0n) is 17.5. The second-order valence-corrected chi connectivity index (χ2v) is 10.8. The molecule has 1 saturated heterocycles. The number of aliphatic hydroxyl groups is 1. The van der Waals surface area contributed by atoms with E-state index in [1.54, 1.807) is 12.4 Å². The van der Waals surface area contributed by atoms with Crippen LogP contribution in [0.1, 0.15) is 56.0 Å². The van der Waals surface area contributed by atoms with Crippen molar-refractivity contribution in [3.05, 3.63) is 35.0 Å². The summed E-state index contributed by atoms with van der Waals surface area (Å²) < 4.78 is 12.7. The molecule has 0 spiro atoms. The monoisotopic (exact) mass is 461 g/mol. The highest BCUT2D eigenvalue weighted by atomic mass is 35.5. The Labute approximate surface area is 190 Å². The minimum Gasteiger partial charge on any atom is -0.394 e. The van der Waals surface area contributed by atoms with E-state index in [1.165, 1.54) is 0 Å². The fraction of sp³-hybridized carbons (Fsp3) is 0.591. The van der Waals surface area contributed by atoms with E-state index in [9.17, 15) is 9.32 Å². The molecule has 5 rings (SSSR count). The largest absolute Gasteiger partial charge is 0.394 e. The lowest BCUT2D eigenvalue weighted by molar-refractivity contribution is 0.144. The number of aryl methyl sites for hydroxylation is 1. The molecular formula is C22H28ClN5O2S. The molecule has 2 unspecified atom stereocenters. The highest BCUT2D eigenvalue weighted by Crippen LogP contribution is 2.40. The number of anilines is 2. The van der Waals surface area contributed by atoms with E-state index in [-0.39, 0.29) is 12.1 Å². The quantitative estimate of drug-likeness (QED) is 0.705. The van der Waals surface area contributed by atoms with Crippen LogP contribution in [0.4, 0.5) is 11.5 Å². The van der Waals surface area contributed by atoms with E-state index in [4.69, 9.17) is 16.6 Å². The third kappa shape index (κ3) is 4.17. The topological polar surface area (TPSA) is 91.2 Å². The van der Waals surface area contributed by atoms with Gasteiger partial charge in [0, 0.05) is 49.6 Å². The van der Waals surface area contributed by atoms with Crippen molar-refractivity contribution in [1.29, 1.82) is 0 Å². The molecule has 0 radical (unpaired) electrons. The van der Waals surface area contributed by atoms with Crippen molar-refractivity contribution < 1.29 is 9.32 Å². The SMILES string of the molecule is O=S1CCc2nc(N3CCCC(c4ncc(Cl)cn4)CC3)cc(NC3(CO)CCC3)c21. The summed E-state index contributed by atoms with van der Waals surface area (Å²) in [6, 6.07) is 2.05. The molecule has 3 aliphatic rings. The zero-order chi connectivity index (χ0) is 21.4. The number of rotatable bonds is 5. The van der Waals surface area contributed by atoms with E-state index in [0.29, 0.717) is 16.7 Å². The molecule has 2 aromatic heterocycles. The van der Waals surface area contributed by atoms with Crippen LogP contribution < -0.4 is 10.2 Å². The van der Waals surface area contributed by atoms with Crippen molar-refractivity contribution in [1.82, 2.24) is 15.0 Å². The Bertz CT molecular complexity index is 977. The lowest BCUT2D eigenvalue weighted by atomic mass is 9.77. The van der Waals surface area contributed by atoms with Crippen LogP contribution in [0.15, 0.2) is 23.4 Å². The van der Waals surface area contributed by atoms with Crippen LogP contribution in [0.5, 0.6) is 0 Å². The van der Waals surface area contributed by atoms with Crippen LogP contribution in [0.3, 0.4) is 0 Å². The van der Waals surface area contributed by atoms with Gasteiger partial charge in [-0.1, -0.05) is 11.6 Å². The van der Waals surface area contributed by atoms with E-state index in [2.05, 4.69) is 26.3 Å². The summed E-state index contributed by atoms with van der Waals surface area (Å²) in [5.41, 5.74) is 1.55. The van der Waals surface area contributed by atoms with Gasteiger partial charge < -0.3 is 15.3 Å². The van der Waals surface area contributed by atoms with Gasteiger partial charge in [0.2, 0.25) is 0 Å². The predicted molar refractivity (Wildman–Crippen MR) is 122 cm³/mol. The van der Waals surface area contributed by atoms with Gasteiger partial charge in [0.1, 0.15) is 11.6 Å². The van der Waals surface area contributed by atoms with Gasteiger partial charge in [0.15, 0.2) is 0 Å². The summed E-state index contributed by atoms with van der Waals surface area (Å²) >= 11 is 5.94. The number of aliphatic hydroxyl groups excluding tert-OH is 1. The minimum absolute atomic E-state index is 0.0958. The number of nitrogens with one attached hydrogen (secondary N) is 1. The molecule has 4 heterocycles. The molecule has 31 heavy (non-hydrogen) atoms. The summed E-state index contributed by atoms with van der Waals surface area (Å²) in [4.78, 5) is 17.0. The molecule has 9 heteroatoms. The van der Waals surface area contributed by atoms with Crippen LogP contribution >= 0.6 is 11.6 Å². The molecule has 7 nitrogen and oxygen atoms in total. The molecule has 1 saturated carbocycles. The number of fused-ring (bicyclic) bond motifs is 1. The van der Waals surface area contributed by atoms with Gasteiger partial charge in [-0.25, -0.2) is 15.0 Å². The summed E-state index contributed by atoms with van der Waals surface area (Å²) in [5.74, 6) is 2.74. The van der Waals surface area contributed by atoms with Crippen LogP contribution in [0.2, 0.25) is 5.02 Å². The van der Waals surface area contributed by atoms with Crippen molar-refractivity contribution in [2.45, 2.75) is 61.3 Å². The maximum absolute atomic E-state index is 12.7. The van der Waals surface area contributed by atoms with Crippen molar-refractivity contribution in [3.63, 3.8) is 0 Å². The second kappa shape index (κ2) is 8.64. The molecule has 1 aliphatic carbocycles. The Morgan fingerprint density at radius 1 is 1.23 bits per heavy atom. The third-order valence-corrected chi connectivity index (χ3v) is 8.53. The lowest BCUT2D eigenvalue weighted by Gasteiger charge is -2.42. The van der Waals surface area contributed by atoms with Gasteiger partial charge in [-0.05, 0) is 38.5 Å². The smallest absolute Gasteiger partial charge is 0.131 e. The average molecular weight is 462 g/mol. The van der Waals surface area contributed by atoms with E-state index in [0.717, 1.165) is 86.0 Å². The standard InChI is InChI=1S/C22H28ClN5O2S/c23-16-12-24-21(25-13-16)15-3-1-8-28(9-4-15)19-11-18(27-22(14-29)6-2-7-22)20-17(26-19)5-10-31(20)30/h11-13,15,29H,1-10,14H2,(H,26,27). The van der Waals surface area contributed by atoms with Crippen LogP contribution in [0.25, 0.3) is 0 Å². The first-order valence-electron chi connectivity index (χ1n) is 11.1. The van der Waals surface area contributed by atoms with Crippen molar-refractivity contribution in [2.75, 3.05) is 35.7 Å². The Morgan fingerprint density at radius 3 is 2.74 bits per heavy atom. The first-order valence-corrected chi connectivity index (χ1v) is 12.8. The minimum atomic E-state index is -1.03. The normalized spacial score (nSPS) is 24.9. The van der Waals surface area contributed by atoms with Gasteiger partial charge in [-0.2, -0.15) is 0 Å². The Balaban J connectivity index is 1.39. The van der Waals surface area contributed by atoms with E-state index in [1.807, 2.05) is 0 Å². The molecule has 166 valence electrons. The maximum atomic E-state index is 12.7. The van der Waals surface area contributed by atoms with Gasteiger partial charge in [0.25, 0.3) is 0 Å². The number of pyridine rings is 1. The summed E-state index contributed by atoms with van der Waals surface area (Å²) in [6.45, 7) is 1.89. The fourth-order valence-corrected chi connectivity index (χ4v) is 6.32. The Kier molecular flexibility index (Phi) is 5.88. The number of halogens is 1. The molecule has 2 aliphatic heterocycles.